The summed E-state index contributed by atoms with van der Waals surface area (Å²) in [7, 11) is 0. The van der Waals surface area contributed by atoms with Gasteiger partial charge in [-0.1, -0.05) is 0 Å². The fourth-order valence-corrected chi connectivity index (χ4v) is 4.69. The van der Waals surface area contributed by atoms with Gasteiger partial charge in [-0.2, -0.15) is 0 Å². The average molecular weight is 423 g/mol. The summed E-state index contributed by atoms with van der Waals surface area (Å²) in [5.74, 6) is 0.0957. The van der Waals surface area contributed by atoms with Crippen molar-refractivity contribution < 1.29 is 19.0 Å². The Balaban J connectivity index is 1.21. The third-order valence-corrected chi connectivity index (χ3v) is 6.42. The van der Waals surface area contributed by atoms with Crippen molar-refractivity contribution in [1.82, 2.24) is 20.5 Å². The molecular formula is C20H27FN4O3S. The van der Waals surface area contributed by atoms with Gasteiger partial charge in [-0.3, -0.25) is 0 Å². The molecule has 2 heterocycles. The fourth-order valence-electron chi connectivity index (χ4n) is 3.98. The maximum Gasteiger partial charge on any atom is 0.317 e. The summed E-state index contributed by atoms with van der Waals surface area (Å²) in [6.45, 7) is 3.08. The normalized spacial score (nSPS) is 23.6. The Kier molecular flexibility index (Phi) is 6.17. The van der Waals surface area contributed by atoms with E-state index in [1.807, 2.05) is 6.92 Å². The first-order valence-corrected chi connectivity index (χ1v) is 11.0. The Labute approximate surface area is 173 Å². The van der Waals surface area contributed by atoms with Gasteiger partial charge in [0.15, 0.2) is 0 Å². The average Bonchev–Trinajstić information content (AvgIpc) is 3.14. The molecule has 0 radical (unpaired) electrons. The highest BCUT2D eigenvalue weighted by atomic mass is 32.1. The number of hydrogen-bond donors (Lipinski definition) is 3. The molecule has 158 valence electrons. The van der Waals surface area contributed by atoms with Crippen molar-refractivity contribution in [2.24, 2.45) is 0 Å². The van der Waals surface area contributed by atoms with Crippen molar-refractivity contribution in [3.05, 3.63) is 23.5 Å². The number of ether oxygens (including phenoxy) is 1. The Morgan fingerprint density at radius 1 is 1.34 bits per heavy atom. The van der Waals surface area contributed by atoms with Gasteiger partial charge >= 0.3 is 6.03 Å². The number of aliphatic hydroxyl groups is 1. The highest BCUT2D eigenvalue weighted by Gasteiger charge is 2.34. The van der Waals surface area contributed by atoms with Gasteiger partial charge in [-0.05, 0) is 38.7 Å². The second-order valence-electron chi connectivity index (χ2n) is 8.00. The number of amides is 2. The minimum absolute atomic E-state index is 0.0666. The number of hydrogen-bond acceptors (Lipinski definition) is 6. The molecule has 7 nitrogen and oxygen atoms in total. The van der Waals surface area contributed by atoms with Gasteiger partial charge in [0.2, 0.25) is 0 Å². The van der Waals surface area contributed by atoms with E-state index in [4.69, 9.17) is 9.84 Å². The number of likely N-dealkylation sites (tertiary alicyclic amines) is 1. The molecule has 1 atom stereocenters. The van der Waals surface area contributed by atoms with E-state index in [0.717, 1.165) is 30.4 Å². The van der Waals surface area contributed by atoms with Crippen LogP contribution < -0.4 is 15.4 Å². The molecule has 4 rings (SSSR count). The third-order valence-electron chi connectivity index (χ3n) is 5.64. The highest BCUT2D eigenvalue weighted by Crippen LogP contribution is 2.30. The molecule has 2 fully saturated rings. The minimum Gasteiger partial charge on any atom is -0.484 e. The molecule has 2 aromatic rings. The zero-order valence-corrected chi connectivity index (χ0v) is 17.3. The molecule has 1 saturated heterocycles. The number of halogens is 1. The van der Waals surface area contributed by atoms with E-state index in [2.05, 4.69) is 15.6 Å². The number of nitrogens with zero attached hydrogens (tertiary/aromatic N) is 2. The molecule has 29 heavy (non-hydrogen) atoms. The van der Waals surface area contributed by atoms with E-state index in [9.17, 15) is 9.18 Å². The summed E-state index contributed by atoms with van der Waals surface area (Å²) in [4.78, 5) is 18.4. The molecule has 9 heteroatoms. The summed E-state index contributed by atoms with van der Waals surface area (Å²) in [6.07, 6.45) is 3.70. The molecule has 1 aromatic heterocycles. The van der Waals surface area contributed by atoms with Gasteiger partial charge in [0.25, 0.3) is 0 Å². The molecular weight excluding hydrogens is 395 g/mol. The van der Waals surface area contributed by atoms with Crippen LogP contribution in [0.2, 0.25) is 0 Å². The van der Waals surface area contributed by atoms with E-state index in [-0.39, 0.29) is 36.6 Å². The van der Waals surface area contributed by atoms with E-state index >= 15 is 0 Å². The summed E-state index contributed by atoms with van der Waals surface area (Å²) in [5.41, 5.74) is 2.34. The van der Waals surface area contributed by atoms with Crippen LogP contribution in [-0.2, 0) is 0 Å². The first-order valence-electron chi connectivity index (χ1n) is 10.1. The van der Waals surface area contributed by atoms with Crippen LogP contribution in [0.25, 0.3) is 10.2 Å². The molecule has 1 unspecified atom stereocenters. The van der Waals surface area contributed by atoms with Gasteiger partial charge in [-0.25, -0.2) is 14.2 Å². The number of aromatic nitrogens is 1. The van der Waals surface area contributed by atoms with Gasteiger partial charge in [0.1, 0.15) is 23.2 Å². The van der Waals surface area contributed by atoms with Crippen LogP contribution in [0.15, 0.2) is 17.6 Å². The SMILES string of the molecule is CC(CO)N[C@H]1CC[C@@H](NC(=O)N2CC(Oc3cc(F)cc4scnc34)C2)CC1. The van der Waals surface area contributed by atoms with Crippen molar-refractivity contribution in [3.8, 4) is 5.75 Å². The number of rotatable bonds is 6. The maximum absolute atomic E-state index is 13.7. The number of urea groups is 1. The smallest absolute Gasteiger partial charge is 0.317 e. The lowest BCUT2D eigenvalue weighted by atomic mass is 9.91. The van der Waals surface area contributed by atoms with E-state index in [1.54, 1.807) is 10.4 Å². The van der Waals surface area contributed by atoms with Crippen LogP contribution in [0, 0.1) is 5.82 Å². The first-order chi connectivity index (χ1) is 14.0. The quantitative estimate of drug-likeness (QED) is 0.666. The molecule has 0 spiro atoms. The second kappa shape index (κ2) is 8.81. The fraction of sp³-hybridized carbons (Fsp3) is 0.600. The van der Waals surface area contributed by atoms with Crippen molar-refractivity contribution >= 4 is 27.6 Å². The molecule has 3 N–H and O–H groups in total. The third kappa shape index (κ3) is 4.79. The van der Waals surface area contributed by atoms with Crippen molar-refractivity contribution in [2.45, 2.75) is 56.8 Å². The largest absolute Gasteiger partial charge is 0.484 e. The first kappa shape index (κ1) is 20.3. The van der Waals surface area contributed by atoms with E-state index < -0.39 is 0 Å². The Bertz CT molecular complexity index is 849. The van der Waals surface area contributed by atoms with E-state index in [1.165, 1.54) is 23.5 Å². The molecule has 2 aliphatic rings. The minimum atomic E-state index is -0.343. The predicted octanol–water partition coefficient (Wildman–Crippen LogP) is 2.49. The standard InChI is InChI=1S/C20H27FN4O3S/c1-12(10-26)23-14-2-4-15(5-3-14)24-20(27)25-8-16(9-25)28-17-6-13(21)7-18-19(17)22-11-29-18/h6-7,11-12,14-16,23,26H,2-5,8-10H2,1H3,(H,24,27)/t12?,14-,15+. The zero-order chi connectivity index (χ0) is 20.4. The number of carbonyl (C=O) groups is 1. The number of carbonyl (C=O) groups excluding carboxylic acids is 1. The van der Waals surface area contributed by atoms with Crippen molar-refractivity contribution in [1.29, 1.82) is 0 Å². The summed E-state index contributed by atoms with van der Waals surface area (Å²) < 4.78 is 20.4. The van der Waals surface area contributed by atoms with Gasteiger partial charge in [0, 0.05) is 24.2 Å². The number of benzene rings is 1. The molecule has 1 aliphatic carbocycles. The monoisotopic (exact) mass is 422 g/mol. The lowest BCUT2D eigenvalue weighted by molar-refractivity contribution is 0.0435. The van der Waals surface area contributed by atoms with Crippen LogP contribution in [0.3, 0.4) is 0 Å². The predicted molar refractivity (Wildman–Crippen MR) is 110 cm³/mol. The van der Waals surface area contributed by atoms with E-state index in [0.29, 0.717) is 30.4 Å². The lowest BCUT2D eigenvalue weighted by Gasteiger charge is -2.40. The van der Waals surface area contributed by atoms with Crippen LogP contribution in [-0.4, -0.2) is 64.9 Å². The molecule has 1 aliphatic heterocycles. The van der Waals surface area contributed by atoms with Gasteiger partial charge in [0.05, 0.1) is 29.9 Å². The van der Waals surface area contributed by atoms with Crippen LogP contribution in [0.4, 0.5) is 9.18 Å². The topological polar surface area (TPSA) is 86.7 Å². The number of fused-ring (bicyclic) bond motifs is 1. The van der Waals surface area contributed by atoms with Crippen molar-refractivity contribution in [3.63, 3.8) is 0 Å². The summed E-state index contributed by atoms with van der Waals surface area (Å²) in [5, 5.41) is 15.7. The highest BCUT2D eigenvalue weighted by molar-refractivity contribution is 7.16. The number of nitrogens with one attached hydrogen (secondary N) is 2. The maximum atomic E-state index is 13.7. The summed E-state index contributed by atoms with van der Waals surface area (Å²) in [6, 6.07) is 3.43. The van der Waals surface area contributed by atoms with Gasteiger partial charge in [-0.15, -0.1) is 11.3 Å². The van der Waals surface area contributed by atoms with Crippen molar-refractivity contribution in [2.75, 3.05) is 19.7 Å². The number of thiazole rings is 1. The van der Waals surface area contributed by atoms with Crippen LogP contribution in [0.5, 0.6) is 5.75 Å². The molecule has 1 saturated carbocycles. The Morgan fingerprint density at radius 3 is 2.79 bits per heavy atom. The Morgan fingerprint density at radius 2 is 2.07 bits per heavy atom. The molecule has 0 bridgehead atoms. The van der Waals surface area contributed by atoms with Crippen LogP contribution >= 0.6 is 11.3 Å². The van der Waals surface area contributed by atoms with Crippen LogP contribution in [0.1, 0.15) is 32.6 Å². The van der Waals surface area contributed by atoms with Gasteiger partial charge < -0.3 is 25.4 Å². The summed E-state index contributed by atoms with van der Waals surface area (Å²) >= 11 is 1.38. The zero-order valence-electron chi connectivity index (χ0n) is 16.4. The molecule has 2 amide bonds. The molecule has 1 aromatic carbocycles. The second-order valence-corrected chi connectivity index (χ2v) is 8.88. The lowest BCUT2D eigenvalue weighted by Crippen LogP contribution is -2.60. The number of aliphatic hydroxyl groups excluding tert-OH is 1. The Hall–Kier alpha value is -1.97.